The first-order valence-corrected chi connectivity index (χ1v) is 10.7. The van der Waals surface area contributed by atoms with Crippen molar-refractivity contribution in [1.29, 1.82) is 0 Å². The van der Waals surface area contributed by atoms with Gasteiger partial charge in [-0.25, -0.2) is 12.8 Å². The standard InChI is InChI=1S/C20H15Cl2FN2O4S/c21-13-8-14(22)10-17(9-13)25-30(27,28)19-6-4-18(5-7-19)29-12-20(26)24-16-3-1-2-15(23)11-16/h1-11,25H,12H2,(H,24,26). The lowest BCUT2D eigenvalue weighted by atomic mass is 10.3. The summed E-state index contributed by atoms with van der Waals surface area (Å²) in [5, 5.41) is 3.08. The summed E-state index contributed by atoms with van der Waals surface area (Å²) in [6.45, 7) is -0.331. The van der Waals surface area contributed by atoms with E-state index in [9.17, 15) is 17.6 Å². The summed E-state index contributed by atoms with van der Waals surface area (Å²) in [6.07, 6.45) is 0. The maximum absolute atomic E-state index is 13.1. The van der Waals surface area contributed by atoms with Gasteiger partial charge in [0, 0.05) is 15.7 Å². The summed E-state index contributed by atoms with van der Waals surface area (Å²) >= 11 is 11.8. The van der Waals surface area contributed by atoms with Gasteiger partial charge in [-0.2, -0.15) is 0 Å². The zero-order valence-electron chi connectivity index (χ0n) is 15.2. The molecular formula is C20H15Cl2FN2O4S. The third kappa shape index (κ3) is 6.09. The molecule has 0 aliphatic carbocycles. The van der Waals surface area contributed by atoms with E-state index in [2.05, 4.69) is 10.0 Å². The number of carbonyl (C=O) groups is 1. The van der Waals surface area contributed by atoms with E-state index in [0.29, 0.717) is 15.7 Å². The van der Waals surface area contributed by atoms with Crippen molar-refractivity contribution in [2.75, 3.05) is 16.6 Å². The summed E-state index contributed by atoms with van der Waals surface area (Å²) in [6, 6.07) is 15.3. The normalized spacial score (nSPS) is 11.0. The first-order valence-electron chi connectivity index (χ1n) is 8.48. The second kappa shape index (κ2) is 9.34. The van der Waals surface area contributed by atoms with Crippen LogP contribution in [0.25, 0.3) is 0 Å². The molecule has 0 spiro atoms. The van der Waals surface area contributed by atoms with Gasteiger partial charge in [-0.05, 0) is 60.7 Å². The van der Waals surface area contributed by atoms with Gasteiger partial charge in [-0.3, -0.25) is 9.52 Å². The molecule has 0 fully saturated rings. The minimum absolute atomic E-state index is 0.0184. The minimum atomic E-state index is -3.88. The van der Waals surface area contributed by atoms with Crippen molar-refractivity contribution >= 4 is 50.5 Å². The van der Waals surface area contributed by atoms with Crippen molar-refractivity contribution in [3.8, 4) is 5.75 Å². The van der Waals surface area contributed by atoms with Gasteiger partial charge in [-0.1, -0.05) is 29.3 Å². The molecule has 10 heteroatoms. The molecule has 0 aromatic heterocycles. The molecule has 0 aliphatic rings. The summed E-state index contributed by atoms with van der Waals surface area (Å²) in [5.74, 6) is -0.676. The van der Waals surface area contributed by atoms with E-state index in [1.807, 2.05) is 0 Å². The first kappa shape index (κ1) is 21.9. The number of rotatable bonds is 7. The molecular weight excluding hydrogens is 454 g/mol. The molecule has 3 aromatic rings. The Morgan fingerprint density at radius 3 is 2.23 bits per heavy atom. The molecule has 0 atom stereocenters. The Labute approximate surface area is 182 Å². The van der Waals surface area contributed by atoms with Crippen LogP contribution in [0.15, 0.2) is 71.6 Å². The van der Waals surface area contributed by atoms with Gasteiger partial charge in [0.25, 0.3) is 15.9 Å². The molecule has 0 radical (unpaired) electrons. The number of anilines is 2. The molecule has 0 unspecified atom stereocenters. The topological polar surface area (TPSA) is 84.5 Å². The average Bonchev–Trinajstić information content (AvgIpc) is 2.65. The third-order valence-electron chi connectivity index (χ3n) is 3.73. The lowest BCUT2D eigenvalue weighted by Gasteiger charge is -2.10. The van der Waals surface area contributed by atoms with Crippen LogP contribution in [0.3, 0.4) is 0 Å². The van der Waals surface area contributed by atoms with Crippen LogP contribution in [-0.2, 0) is 14.8 Å². The highest BCUT2D eigenvalue weighted by Gasteiger charge is 2.15. The smallest absolute Gasteiger partial charge is 0.262 e. The number of ether oxygens (including phenoxy) is 1. The van der Waals surface area contributed by atoms with Crippen molar-refractivity contribution in [3.63, 3.8) is 0 Å². The van der Waals surface area contributed by atoms with Gasteiger partial charge in [-0.15, -0.1) is 0 Å². The largest absolute Gasteiger partial charge is 0.484 e. The number of carbonyl (C=O) groups excluding carboxylic acids is 1. The molecule has 0 heterocycles. The molecule has 3 aromatic carbocycles. The summed E-state index contributed by atoms with van der Waals surface area (Å²) in [4.78, 5) is 11.9. The SMILES string of the molecule is O=C(COc1ccc(S(=O)(=O)Nc2cc(Cl)cc(Cl)c2)cc1)Nc1cccc(F)c1. The molecule has 0 saturated carbocycles. The van der Waals surface area contributed by atoms with Crippen molar-refractivity contribution in [2.45, 2.75) is 4.90 Å². The summed E-state index contributed by atoms with van der Waals surface area (Å²) < 4.78 is 45.8. The van der Waals surface area contributed by atoms with Gasteiger partial charge in [0.05, 0.1) is 10.6 Å². The molecule has 2 N–H and O–H groups in total. The fourth-order valence-electron chi connectivity index (χ4n) is 2.45. The van der Waals surface area contributed by atoms with Gasteiger partial charge < -0.3 is 10.1 Å². The molecule has 6 nitrogen and oxygen atoms in total. The number of hydrogen-bond acceptors (Lipinski definition) is 4. The van der Waals surface area contributed by atoms with Crippen LogP contribution in [0.1, 0.15) is 0 Å². The maximum Gasteiger partial charge on any atom is 0.262 e. The van der Waals surface area contributed by atoms with E-state index in [1.54, 1.807) is 6.07 Å². The third-order valence-corrected chi connectivity index (χ3v) is 5.56. The van der Waals surface area contributed by atoms with Gasteiger partial charge in [0.1, 0.15) is 11.6 Å². The van der Waals surface area contributed by atoms with E-state index in [1.165, 1.54) is 60.7 Å². The van der Waals surface area contributed by atoms with Gasteiger partial charge >= 0.3 is 0 Å². The van der Waals surface area contributed by atoms with Gasteiger partial charge in [0.2, 0.25) is 0 Å². The van der Waals surface area contributed by atoms with E-state index in [-0.39, 0.29) is 22.9 Å². The van der Waals surface area contributed by atoms with Crippen molar-refractivity contribution in [2.24, 2.45) is 0 Å². The van der Waals surface area contributed by atoms with Crippen LogP contribution < -0.4 is 14.8 Å². The molecule has 0 aliphatic heterocycles. The van der Waals surface area contributed by atoms with E-state index in [4.69, 9.17) is 27.9 Å². The van der Waals surface area contributed by atoms with Crippen LogP contribution in [0.2, 0.25) is 10.0 Å². The maximum atomic E-state index is 13.1. The van der Waals surface area contributed by atoms with E-state index >= 15 is 0 Å². The second-order valence-electron chi connectivity index (χ2n) is 6.08. The summed E-state index contributed by atoms with van der Waals surface area (Å²) in [7, 11) is -3.88. The Kier molecular flexibility index (Phi) is 6.81. The lowest BCUT2D eigenvalue weighted by Crippen LogP contribution is -2.20. The molecule has 30 heavy (non-hydrogen) atoms. The Morgan fingerprint density at radius 2 is 1.60 bits per heavy atom. The Hall–Kier alpha value is -2.81. The monoisotopic (exact) mass is 468 g/mol. The minimum Gasteiger partial charge on any atom is -0.484 e. The number of benzene rings is 3. The second-order valence-corrected chi connectivity index (χ2v) is 8.64. The quantitative estimate of drug-likeness (QED) is 0.513. The van der Waals surface area contributed by atoms with Crippen molar-refractivity contribution in [1.82, 2.24) is 0 Å². The highest BCUT2D eigenvalue weighted by atomic mass is 35.5. The first-order chi connectivity index (χ1) is 14.2. The zero-order valence-corrected chi connectivity index (χ0v) is 17.6. The van der Waals surface area contributed by atoms with E-state index in [0.717, 1.165) is 0 Å². The molecule has 1 amide bonds. The number of amides is 1. The fourth-order valence-corrected chi connectivity index (χ4v) is 4.02. The molecule has 0 saturated heterocycles. The Balaban J connectivity index is 1.60. The molecule has 156 valence electrons. The number of halogens is 3. The van der Waals surface area contributed by atoms with Crippen molar-refractivity contribution in [3.05, 3.63) is 82.6 Å². The van der Waals surface area contributed by atoms with Crippen LogP contribution in [-0.4, -0.2) is 20.9 Å². The van der Waals surface area contributed by atoms with E-state index < -0.39 is 21.7 Å². The lowest BCUT2D eigenvalue weighted by molar-refractivity contribution is -0.118. The molecule has 0 bridgehead atoms. The van der Waals surface area contributed by atoms with Gasteiger partial charge in [0.15, 0.2) is 6.61 Å². The average molecular weight is 469 g/mol. The van der Waals surface area contributed by atoms with Crippen molar-refractivity contribution < 1.29 is 22.3 Å². The van der Waals surface area contributed by atoms with Crippen LogP contribution in [0, 0.1) is 5.82 Å². The molecule has 3 rings (SSSR count). The highest BCUT2D eigenvalue weighted by molar-refractivity contribution is 7.92. The number of hydrogen-bond donors (Lipinski definition) is 2. The summed E-state index contributed by atoms with van der Waals surface area (Å²) in [5.41, 5.74) is 0.527. The van der Waals surface area contributed by atoms with Crippen LogP contribution in [0.4, 0.5) is 15.8 Å². The fraction of sp³-hybridized carbons (Fsp3) is 0.0500. The predicted molar refractivity (Wildman–Crippen MR) is 114 cm³/mol. The van der Waals surface area contributed by atoms with Crippen LogP contribution in [0.5, 0.6) is 5.75 Å². The zero-order chi connectivity index (χ0) is 21.7. The van der Waals surface area contributed by atoms with Crippen LogP contribution >= 0.6 is 23.2 Å². The number of nitrogens with one attached hydrogen (secondary N) is 2. The predicted octanol–water partition coefficient (Wildman–Crippen LogP) is 4.95. The number of sulfonamides is 1. The Morgan fingerprint density at radius 1 is 0.933 bits per heavy atom. The highest BCUT2D eigenvalue weighted by Crippen LogP contribution is 2.25. The Bertz CT molecular complexity index is 1150.